The molecule has 11 heteroatoms. The van der Waals surface area contributed by atoms with E-state index in [0.29, 0.717) is 36.7 Å². The largest absolute Gasteiger partial charge is 0.513 e. The van der Waals surface area contributed by atoms with E-state index in [2.05, 4.69) is 0 Å². The average Bonchev–Trinajstić information content (AvgIpc) is 2.89. The van der Waals surface area contributed by atoms with Gasteiger partial charge >= 0.3 is 24.2 Å². The summed E-state index contributed by atoms with van der Waals surface area (Å²) in [7, 11) is 1.21. The third-order valence-electron chi connectivity index (χ3n) is 6.55. The number of methoxy groups -OCH3 is 1. The highest BCUT2D eigenvalue weighted by atomic mass is 16.7. The van der Waals surface area contributed by atoms with Crippen LogP contribution in [-0.2, 0) is 35.0 Å². The van der Waals surface area contributed by atoms with Crippen LogP contribution in [-0.4, -0.2) is 56.7 Å². The van der Waals surface area contributed by atoms with Crippen LogP contribution in [0.5, 0.6) is 11.5 Å². The molecule has 0 amide bonds. The minimum Gasteiger partial charge on any atom is -0.468 e. The lowest BCUT2D eigenvalue weighted by atomic mass is 9.88. The Labute approximate surface area is 243 Å². The molecule has 232 valence electrons. The molecule has 1 aromatic rings. The van der Waals surface area contributed by atoms with Gasteiger partial charge in [-0.05, 0) is 62.6 Å². The maximum Gasteiger partial charge on any atom is 0.513 e. The molecule has 0 saturated carbocycles. The van der Waals surface area contributed by atoms with E-state index in [1.54, 1.807) is 19.9 Å². The van der Waals surface area contributed by atoms with Crippen molar-refractivity contribution in [1.82, 2.24) is 0 Å². The smallest absolute Gasteiger partial charge is 0.468 e. The summed E-state index contributed by atoms with van der Waals surface area (Å²) >= 11 is 0. The van der Waals surface area contributed by atoms with Gasteiger partial charge in [-0.2, -0.15) is 0 Å². The molecule has 0 unspecified atom stereocenters. The molecule has 0 saturated heterocycles. The number of hydrogen-bond donors (Lipinski definition) is 1. The number of benzene rings is 1. The normalized spacial score (nSPS) is 12.9. The van der Waals surface area contributed by atoms with Crippen LogP contribution in [0.2, 0.25) is 0 Å². The lowest BCUT2D eigenvalue weighted by molar-refractivity contribution is -0.157. The molecule has 0 aliphatic carbocycles. The minimum absolute atomic E-state index is 0.0287. The van der Waals surface area contributed by atoms with Gasteiger partial charge in [-0.1, -0.05) is 40.7 Å². The Hall–Kier alpha value is -3.34. The fourth-order valence-electron chi connectivity index (χ4n) is 3.32. The van der Waals surface area contributed by atoms with Gasteiger partial charge in [0.15, 0.2) is 11.5 Å². The van der Waals surface area contributed by atoms with Gasteiger partial charge in [0.05, 0.1) is 32.3 Å². The molecule has 1 aromatic carbocycles. The quantitative estimate of drug-likeness (QED) is 0.148. The molecule has 0 aliphatic rings. The Bertz CT molecular complexity index is 1020. The maximum absolute atomic E-state index is 12.7. The molecule has 0 fully saturated rings. The van der Waals surface area contributed by atoms with E-state index in [9.17, 15) is 19.2 Å². The van der Waals surface area contributed by atoms with Gasteiger partial charge in [-0.15, -0.1) is 0 Å². The molecule has 0 aliphatic heterocycles. The number of nitrogens with two attached hydrogens (primary N) is 1. The Morgan fingerprint density at radius 1 is 0.805 bits per heavy atom. The first-order chi connectivity index (χ1) is 19.1. The zero-order chi connectivity index (χ0) is 31.2. The number of carbonyl (C=O) groups is 4. The molecular formula is C30H47NO10. The summed E-state index contributed by atoms with van der Waals surface area (Å²) < 4.78 is 31.2. The Morgan fingerprint density at radius 2 is 1.34 bits per heavy atom. The summed E-state index contributed by atoms with van der Waals surface area (Å²) in [5.74, 6) is -0.682. The lowest BCUT2D eigenvalue weighted by Crippen LogP contribution is -2.51. The van der Waals surface area contributed by atoms with Crippen molar-refractivity contribution < 1.29 is 47.6 Å². The first-order valence-corrected chi connectivity index (χ1v) is 14.0. The van der Waals surface area contributed by atoms with Crippen LogP contribution in [0.15, 0.2) is 18.2 Å². The maximum atomic E-state index is 12.7. The third kappa shape index (κ3) is 12.8. The van der Waals surface area contributed by atoms with Crippen molar-refractivity contribution in [2.75, 3.05) is 26.9 Å². The second-order valence-electron chi connectivity index (χ2n) is 11.5. The van der Waals surface area contributed by atoms with E-state index >= 15 is 0 Å². The molecule has 0 radical (unpaired) electrons. The van der Waals surface area contributed by atoms with Crippen molar-refractivity contribution in [3.05, 3.63) is 23.8 Å². The molecule has 0 aromatic heterocycles. The molecule has 41 heavy (non-hydrogen) atoms. The molecule has 0 heterocycles. The van der Waals surface area contributed by atoms with Gasteiger partial charge in [0, 0.05) is 12.8 Å². The Kier molecular flexibility index (Phi) is 14.6. The first kappa shape index (κ1) is 35.7. The number of carbonyl (C=O) groups excluding carboxylic acids is 4. The van der Waals surface area contributed by atoms with Crippen LogP contribution in [0.1, 0.15) is 79.7 Å². The van der Waals surface area contributed by atoms with E-state index in [0.717, 1.165) is 0 Å². The fraction of sp³-hybridized carbons (Fsp3) is 0.667. The zero-order valence-corrected chi connectivity index (χ0v) is 25.7. The lowest BCUT2D eigenvalue weighted by Gasteiger charge is -2.28. The summed E-state index contributed by atoms with van der Waals surface area (Å²) in [6.07, 6.45) is -0.175. The van der Waals surface area contributed by atoms with Crippen LogP contribution >= 0.6 is 0 Å². The van der Waals surface area contributed by atoms with Gasteiger partial charge in [0.25, 0.3) is 0 Å². The number of ether oxygens (including phenoxy) is 6. The highest BCUT2D eigenvalue weighted by Gasteiger charge is 2.37. The van der Waals surface area contributed by atoms with Crippen molar-refractivity contribution in [2.45, 2.75) is 86.1 Å². The third-order valence-corrected chi connectivity index (χ3v) is 6.55. The molecule has 11 nitrogen and oxygen atoms in total. The molecule has 2 N–H and O–H groups in total. The monoisotopic (exact) mass is 581 g/mol. The Morgan fingerprint density at radius 3 is 1.83 bits per heavy atom. The fourth-order valence-corrected chi connectivity index (χ4v) is 3.32. The molecule has 0 spiro atoms. The first-order valence-electron chi connectivity index (χ1n) is 14.0. The minimum atomic E-state index is -1.57. The van der Waals surface area contributed by atoms with Crippen LogP contribution in [0.3, 0.4) is 0 Å². The van der Waals surface area contributed by atoms with Crippen LogP contribution in [0.25, 0.3) is 0 Å². The van der Waals surface area contributed by atoms with E-state index < -0.39 is 35.2 Å². The van der Waals surface area contributed by atoms with Crippen LogP contribution in [0, 0.1) is 17.3 Å². The molecule has 1 rings (SSSR count). The summed E-state index contributed by atoms with van der Waals surface area (Å²) in [4.78, 5) is 49.7. The van der Waals surface area contributed by atoms with Crippen molar-refractivity contribution in [2.24, 2.45) is 23.0 Å². The predicted molar refractivity (Wildman–Crippen MR) is 152 cm³/mol. The van der Waals surface area contributed by atoms with Gasteiger partial charge in [0.2, 0.25) is 0 Å². The predicted octanol–water partition coefficient (Wildman–Crippen LogP) is 5.59. The summed E-state index contributed by atoms with van der Waals surface area (Å²) in [5.41, 5.74) is 4.67. The highest BCUT2D eigenvalue weighted by molar-refractivity contribution is 5.81. The number of rotatable bonds is 16. The number of hydrogen-bond acceptors (Lipinski definition) is 11. The standard InChI is InChI=1S/C30H47NO10/c1-9-29(6,7)25(32)37-17-14-30(31,26(33)36-8)19-22-10-11-23(40-27(34)38-15-12-20(2)3)24(18-22)41-28(35)39-16-13-21(4)5/h10-11,18,20-21H,9,12-17,19,31H2,1-8H3/t30-/m1/s1. The molecule has 1 atom stereocenters. The topological polar surface area (TPSA) is 150 Å². The second-order valence-corrected chi connectivity index (χ2v) is 11.5. The van der Waals surface area contributed by atoms with E-state index in [4.69, 9.17) is 34.2 Å². The van der Waals surface area contributed by atoms with Crippen LogP contribution in [0.4, 0.5) is 9.59 Å². The second kappa shape index (κ2) is 16.8. The summed E-state index contributed by atoms with van der Waals surface area (Å²) in [6.45, 7) is 13.6. The van der Waals surface area contributed by atoms with Gasteiger partial charge < -0.3 is 34.2 Å². The van der Waals surface area contributed by atoms with Crippen molar-refractivity contribution >= 4 is 24.2 Å². The van der Waals surface area contributed by atoms with Crippen molar-refractivity contribution in [1.29, 1.82) is 0 Å². The highest BCUT2D eigenvalue weighted by Crippen LogP contribution is 2.31. The van der Waals surface area contributed by atoms with E-state index in [1.807, 2.05) is 34.6 Å². The average molecular weight is 582 g/mol. The summed E-state index contributed by atoms with van der Waals surface area (Å²) in [5, 5.41) is 0. The zero-order valence-electron chi connectivity index (χ0n) is 25.7. The summed E-state index contributed by atoms with van der Waals surface area (Å²) in [6, 6.07) is 4.37. The molecule has 0 bridgehead atoms. The SMILES string of the molecule is CCC(C)(C)C(=O)OCC[C@@](N)(Cc1ccc(OC(=O)OCCC(C)C)c(OC(=O)OCCC(C)C)c1)C(=O)OC. The van der Waals surface area contributed by atoms with Gasteiger partial charge in [0.1, 0.15) is 5.54 Å². The van der Waals surface area contributed by atoms with Crippen LogP contribution < -0.4 is 15.2 Å². The molecular weight excluding hydrogens is 534 g/mol. The van der Waals surface area contributed by atoms with Gasteiger partial charge in [-0.25, -0.2) is 9.59 Å². The Balaban J connectivity index is 3.15. The number of esters is 2. The van der Waals surface area contributed by atoms with E-state index in [-0.39, 0.29) is 44.2 Å². The van der Waals surface area contributed by atoms with E-state index in [1.165, 1.54) is 19.2 Å². The van der Waals surface area contributed by atoms with Crippen molar-refractivity contribution in [3.63, 3.8) is 0 Å². The van der Waals surface area contributed by atoms with Gasteiger partial charge in [-0.3, -0.25) is 9.59 Å². The van der Waals surface area contributed by atoms with Crippen molar-refractivity contribution in [3.8, 4) is 11.5 Å².